The minimum atomic E-state index is 0.169. The zero-order valence-corrected chi connectivity index (χ0v) is 13.9. The van der Waals surface area contributed by atoms with Crippen LogP contribution >= 0.6 is 15.9 Å². The van der Waals surface area contributed by atoms with Gasteiger partial charge in [-0.1, -0.05) is 22.0 Å². The number of ether oxygens (including phenoxy) is 4. The molecule has 1 aromatic carbocycles. The Balaban J connectivity index is 2.35. The Labute approximate surface area is 128 Å². The number of alkyl halides is 1. The highest BCUT2D eigenvalue weighted by atomic mass is 79.9. The van der Waals surface area contributed by atoms with Gasteiger partial charge >= 0.3 is 0 Å². The van der Waals surface area contributed by atoms with Crippen molar-refractivity contribution >= 4 is 15.9 Å². The average molecular weight is 345 g/mol. The predicted molar refractivity (Wildman–Crippen MR) is 81.3 cm³/mol. The Hall–Kier alpha value is -0.940. The molecule has 4 nitrogen and oxygen atoms in total. The molecule has 1 aliphatic heterocycles. The molecule has 3 unspecified atom stereocenters. The van der Waals surface area contributed by atoms with Gasteiger partial charge in [0.05, 0.1) is 34.0 Å². The first-order valence-corrected chi connectivity index (χ1v) is 7.58. The van der Waals surface area contributed by atoms with Gasteiger partial charge in [0, 0.05) is 16.3 Å². The predicted octanol–water partition coefficient (Wildman–Crippen LogP) is 3.57. The van der Waals surface area contributed by atoms with Gasteiger partial charge in [0.1, 0.15) is 0 Å². The van der Waals surface area contributed by atoms with Gasteiger partial charge in [-0.25, -0.2) is 0 Å². The molecule has 0 N–H and O–H groups in total. The third-order valence-corrected chi connectivity index (χ3v) is 4.92. The molecule has 0 amide bonds. The lowest BCUT2D eigenvalue weighted by Gasteiger charge is -2.21. The first-order chi connectivity index (χ1) is 9.62. The molecule has 1 aliphatic rings. The van der Waals surface area contributed by atoms with Crippen molar-refractivity contribution in [1.82, 2.24) is 0 Å². The summed E-state index contributed by atoms with van der Waals surface area (Å²) in [5, 5.41) is 0. The van der Waals surface area contributed by atoms with E-state index in [1.54, 1.807) is 21.3 Å². The number of hydrogen-bond acceptors (Lipinski definition) is 4. The van der Waals surface area contributed by atoms with Crippen molar-refractivity contribution < 1.29 is 18.9 Å². The summed E-state index contributed by atoms with van der Waals surface area (Å²) in [5.41, 5.74) is 1.06. The van der Waals surface area contributed by atoms with Crippen molar-refractivity contribution in [3.63, 3.8) is 0 Å². The smallest absolute Gasteiger partial charge is 0.203 e. The van der Waals surface area contributed by atoms with Crippen LogP contribution in [0, 0.1) is 5.92 Å². The number of rotatable bonds is 5. The van der Waals surface area contributed by atoms with E-state index in [-0.39, 0.29) is 4.83 Å². The second-order valence-corrected chi connectivity index (χ2v) is 5.95. The second kappa shape index (κ2) is 6.68. The summed E-state index contributed by atoms with van der Waals surface area (Å²) in [5.74, 6) is 2.44. The molecule has 1 heterocycles. The number of hydrogen-bond donors (Lipinski definition) is 0. The van der Waals surface area contributed by atoms with Crippen LogP contribution in [0.25, 0.3) is 0 Å². The topological polar surface area (TPSA) is 36.9 Å². The van der Waals surface area contributed by atoms with Gasteiger partial charge in [-0.3, -0.25) is 0 Å². The summed E-state index contributed by atoms with van der Waals surface area (Å²) < 4.78 is 21.9. The molecule has 112 valence electrons. The number of benzene rings is 1. The van der Waals surface area contributed by atoms with Gasteiger partial charge in [-0.15, -0.1) is 0 Å². The van der Waals surface area contributed by atoms with Crippen molar-refractivity contribution in [3.8, 4) is 17.2 Å². The Morgan fingerprint density at radius 3 is 2.35 bits per heavy atom. The molecular formula is C15H21BrO4. The standard InChI is InChI=1S/C15H21BrO4/c1-9-7-10(8-20-9)13(16)11-5-6-12(17-2)15(19-4)14(11)18-3/h5-6,9-10,13H,7-8H2,1-4H3. The van der Waals surface area contributed by atoms with Crippen LogP contribution in [-0.2, 0) is 4.74 Å². The van der Waals surface area contributed by atoms with Crippen LogP contribution in [-0.4, -0.2) is 34.0 Å². The molecule has 3 atom stereocenters. The molecule has 0 bridgehead atoms. The molecular weight excluding hydrogens is 324 g/mol. The molecule has 0 radical (unpaired) electrons. The van der Waals surface area contributed by atoms with Gasteiger partial charge in [-0.2, -0.15) is 0 Å². The van der Waals surface area contributed by atoms with Gasteiger partial charge < -0.3 is 18.9 Å². The first kappa shape index (κ1) is 15.4. The van der Waals surface area contributed by atoms with Crippen LogP contribution in [0.1, 0.15) is 23.7 Å². The van der Waals surface area contributed by atoms with E-state index in [2.05, 4.69) is 22.9 Å². The van der Waals surface area contributed by atoms with Gasteiger partial charge in [0.2, 0.25) is 5.75 Å². The third-order valence-electron chi connectivity index (χ3n) is 3.68. The van der Waals surface area contributed by atoms with Crippen molar-refractivity contribution in [3.05, 3.63) is 17.7 Å². The summed E-state index contributed by atoms with van der Waals surface area (Å²) >= 11 is 3.79. The zero-order valence-electron chi connectivity index (χ0n) is 12.3. The van der Waals surface area contributed by atoms with Crippen LogP contribution in [0.4, 0.5) is 0 Å². The molecule has 0 saturated carbocycles. The highest BCUT2D eigenvalue weighted by Crippen LogP contribution is 2.48. The summed E-state index contributed by atoms with van der Waals surface area (Å²) in [6, 6.07) is 3.92. The zero-order chi connectivity index (χ0) is 14.7. The fourth-order valence-electron chi connectivity index (χ4n) is 2.65. The normalized spacial score (nSPS) is 23.4. The van der Waals surface area contributed by atoms with Crippen LogP contribution in [0.15, 0.2) is 12.1 Å². The van der Waals surface area contributed by atoms with Gasteiger partial charge in [0.25, 0.3) is 0 Å². The molecule has 5 heteroatoms. The van der Waals surface area contributed by atoms with E-state index >= 15 is 0 Å². The molecule has 1 saturated heterocycles. The van der Waals surface area contributed by atoms with Crippen molar-refractivity contribution in [2.24, 2.45) is 5.92 Å². The van der Waals surface area contributed by atoms with Gasteiger partial charge in [0.15, 0.2) is 11.5 Å². The highest BCUT2D eigenvalue weighted by molar-refractivity contribution is 9.09. The first-order valence-electron chi connectivity index (χ1n) is 6.66. The second-order valence-electron chi connectivity index (χ2n) is 4.97. The van der Waals surface area contributed by atoms with E-state index < -0.39 is 0 Å². The van der Waals surface area contributed by atoms with E-state index in [4.69, 9.17) is 18.9 Å². The molecule has 0 aliphatic carbocycles. The fraction of sp³-hybridized carbons (Fsp3) is 0.600. The molecule has 0 spiro atoms. The molecule has 2 rings (SSSR count). The largest absolute Gasteiger partial charge is 0.493 e. The molecule has 20 heavy (non-hydrogen) atoms. The fourth-order valence-corrected chi connectivity index (χ4v) is 3.38. The van der Waals surface area contributed by atoms with E-state index in [9.17, 15) is 0 Å². The maximum atomic E-state index is 5.66. The van der Waals surface area contributed by atoms with E-state index in [0.29, 0.717) is 29.3 Å². The molecule has 0 aromatic heterocycles. The third kappa shape index (κ3) is 2.88. The van der Waals surface area contributed by atoms with Crippen LogP contribution < -0.4 is 14.2 Å². The summed E-state index contributed by atoms with van der Waals surface area (Å²) in [4.78, 5) is 0.169. The highest BCUT2D eigenvalue weighted by Gasteiger charge is 2.32. The Morgan fingerprint density at radius 2 is 1.85 bits per heavy atom. The summed E-state index contributed by atoms with van der Waals surface area (Å²) in [6.45, 7) is 2.86. The van der Waals surface area contributed by atoms with Crippen LogP contribution in [0.5, 0.6) is 17.2 Å². The Bertz CT molecular complexity index is 463. The maximum Gasteiger partial charge on any atom is 0.203 e. The minimum absolute atomic E-state index is 0.169. The monoisotopic (exact) mass is 344 g/mol. The lowest BCUT2D eigenvalue weighted by atomic mass is 9.95. The lowest BCUT2D eigenvalue weighted by Crippen LogP contribution is -2.10. The number of halogens is 1. The van der Waals surface area contributed by atoms with Crippen molar-refractivity contribution in [1.29, 1.82) is 0 Å². The lowest BCUT2D eigenvalue weighted by molar-refractivity contribution is 0.120. The Morgan fingerprint density at radius 1 is 1.15 bits per heavy atom. The molecule has 1 aromatic rings. The SMILES string of the molecule is COc1ccc(C(Br)C2COC(C)C2)c(OC)c1OC. The Kier molecular flexibility index (Phi) is 5.16. The maximum absolute atomic E-state index is 5.66. The average Bonchev–Trinajstić information content (AvgIpc) is 2.91. The molecule has 1 fully saturated rings. The quantitative estimate of drug-likeness (QED) is 0.765. The van der Waals surface area contributed by atoms with E-state index in [0.717, 1.165) is 18.6 Å². The number of methoxy groups -OCH3 is 3. The van der Waals surface area contributed by atoms with Gasteiger partial charge in [-0.05, 0) is 19.4 Å². The van der Waals surface area contributed by atoms with Crippen molar-refractivity contribution in [2.75, 3.05) is 27.9 Å². The van der Waals surface area contributed by atoms with E-state index in [1.807, 2.05) is 12.1 Å². The minimum Gasteiger partial charge on any atom is -0.493 e. The van der Waals surface area contributed by atoms with E-state index in [1.165, 1.54) is 0 Å². The van der Waals surface area contributed by atoms with Crippen LogP contribution in [0.3, 0.4) is 0 Å². The summed E-state index contributed by atoms with van der Waals surface area (Å²) in [7, 11) is 4.89. The summed E-state index contributed by atoms with van der Waals surface area (Å²) in [6.07, 6.45) is 1.35. The van der Waals surface area contributed by atoms with Crippen LogP contribution in [0.2, 0.25) is 0 Å². The van der Waals surface area contributed by atoms with Crippen molar-refractivity contribution in [2.45, 2.75) is 24.3 Å².